The summed E-state index contributed by atoms with van der Waals surface area (Å²) in [5, 5.41) is 15.4. The molecule has 0 radical (unpaired) electrons. The predicted octanol–water partition coefficient (Wildman–Crippen LogP) is 5.82. The molecule has 9 rings (SSSR count). The molecular weight excluding hydrogens is 638 g/mol. The molecule has 2 N–H and O–H groups in total. The first-order valence-electron chi connectivity index (χ1n) is 17.6. The molecular formula is C39H40F2N6O3. The first kappa shape index (κ1) is 31.5. The molecule has 11 heteroatoms. The van der Waals surface area contributed by atoms with Crippen molar-refractivity contribution >= 4 is 27.5 Å². The van der Waals surface area contributed by atoms with E-state index in [1.807, 2.05) is 0 Å². The molecule has 4 atom stereocenters. The summed E-state index contributed by atoms with van der Waals surface area (Å²) in [6.07, 6.45) is 9.97. The van der Waals surface area contributed by atoms with E-state index < -0.39 is 11.6 Å². The number of aromatic nitrogens is 3. The third-order valence-electron chi connectivity index (χ3n) is 11.6. The number of piperazine rings is 1. The van der Waals surface area contributed by atoms with Gasteiger partial charge in [-0.3, -0.25) is 0 Å². The van der Waals surface area contributed by atoms with Gasteiger partial charge in [-0.05, 0) is 63.1 Å². The number of likely N-dealkylation sites (tertiary alicyclic amines) is 1. The van der Waals surface area contributed by atoms with Gasteiger partial charge in [-0.1, -0.05) is 23.1 Å². The summed E-state index contributed by atoms with van der Waals surface area (Å²) in [6.45, 7) is 9.41. The topological polar surface area (TPSA) is 95.9 Å². The van der Waals surface area contributed by atoms with Crippen molar-refractivity contribution in [3.8, 4) is 41.2 Å². The number of ether oxygens (including phenoxy) is 2. The van der Waals surface area contributed by atoms with Crippen LogP contribution in [0.2, 0.25) is 0 Å². The summed E-state index contributed by atoms with van der Waals surface area (Å²) >= 11 is 0. The summed E-state index contributed by atoms with van der Waals surface area (Å²) in [6, 6.07) is 6.19. The number of piperidine rings is 1. The summed E-state index contributed by atoms with van der Waals surface area (Å²) in [5.41, 5.74) is 3.01. The van der Waals surface area contributed by atoms with Crippen LogP contribution in [-0.4, -0.2) is 83.5 Å². The van der Waals surface area contributed by atoms with Crippen molar-refractivity contribution in [3.05, 3.63) is 52.6 Å². The molecule has 5 heterocycles. The molecule has 2 saturated carbocycles. The predicted molar refractivity (Wildman–Crippen MR) is 187 cm³/mol. The van der Waals surface area contributed by atoms with E-state index in [9.17, 15) is 9.50 Å². The molecule has 2 aromatic carbocycles. The van der Waals surface area contributed by atoms with Crippen LogP contribution in [0, 0.1) is 41.2 Å². The first-order chi connectivity index (χ1) is 24.1. The Bertz CT molecular complexity index is 2130. The molecule has 3 saturated heterocycles. The normalized spacial score (nSPS) is 24.8. The highest BCUT2D eigenvalue weighted by atomic mass is 19.1. The summed E-state index contributed by atoms with van der Waals surface area (Å²) in [4.78, 5) is 19.0. The molecule has 2 aliphatic carbocycles. The van der Waals surface area contributed by atoms with Gasteiger partial charge in [-0.2, -0.15) is 9.97 Å². The molecule has 5 fully saturated rings. The highest BCUT2D eigenvalue weighted by Gasteiger charge is 2.54. The average molecular weight is 679 g/mol. The molecule has 4 unspecified atom stereocenters. The van der Waals surface area contributed by atoms with Gasteiger partial charge in [0.2, 0.25) is 5.88 Å². The smallest absolute Gasteiger partial charge is 0.319 e. The van der Waals surface area contributed by atoms with Gasteiger partial charge in [0.25, 0.3) is 0 Å². The number of hydrogen-bond acceptors (Lipinski definition) is 9. The average Bonchev–Trinajstić information content (AvgIpc) is 3.94. The lowest BCUT2D eigenvalue weighted by molar-refractivity contribution is 0.165. The van der Waals surface area contributed by atoms with Crippen LogP contribution in [0.25, 0.3) is 32.9 Å². The van der Waals surface area contributed by atoms with Crippen LogP contribution < -0.4 is 19.7 Å². The van der Waals surface area contributed by atoms with E-state index in [-0.39, 0.29) is 62.9 Å². The highest BCUT2D eigenvalue weighted by Crippen LogP contribution is 2.55. The van der Waals surface area contributed by atoms with Gasteiger partial charge in [0.15, 0.2) is 5.82 Å². The fourth-order valence-electron chi connectivity index (χ4n) is 8.99. The number of phenols is 1. The summed E-state index contributed by atoms with van der Waals surface area (Å²) in [5.74, 6) is 2.88. The molecule has 3 aliphatic heterocycles. The van der Waals surface area contributed by atoms with Crippen LogP contribution in [0.15, 0.2) is 35.4 Å². The fraction of sp³-hybridized carbons (Fsp3) is 0.462. The second-order valence-corrected chi connectivity index (χ2v) is 15.2. The number of fused-ring (bicyclic) bond motifs is 5. The van der Waals surface area contributed by atoms with Crippen molar-refractivity contribution in [3.63, 3.8) is 0 Å². The molecule has 2 aromatic heterocycles. The van der Waals surface area contributed by atoms with Crippen molar-refractivity contribution in [2.45, 2.75) is 51.6 Å². The number of nitrogens with one attached hydrogen (secondary N) is 1. The number of hydrogen-bond donors (Lipinski definition) is 2. The van der Waals surface area contributed by atoms with Crippen molar-refractivity contribution in [2.75, 3.05) is 51.3 Å². The number of halogens is 2. The van der Waals surface area contributed by atoms with E-state index in [1.54, 1.807) is 5.57 Å². The summed E-state index contributed by atoms with van der Waals surface area (Å²) < 4.78 is 44.3. The zero-order chi connectivity index (χ0) is 34.5. The molecule has 50 heavy (non-hydrogen) atoms. The number of terminal acetylenes is 1. The lowest BCUT2D eigenvalue weighted by Gasteiger charge is -2.34. The first-order valence-corrected chi connectivity index (χ1v) is 17.6. The van der Waals surface area contributed by atoms with Crippen LogP contribution in [-0.2, 0) is 0 Å². The number of rotatable bonds is 8. The lowest BCUT2D eigenvalue weighted by atomic mass is 9.95. The monoisotopic (exact) mass is 678 g/mol. The minimum Gasteiger partial charge on any atom is -0.508 e. The molecule has 2 bridgehead atoms. The van der Waals surface area contributed by atoms with Gasteiger partial charge in [-0.15, -0.1) is 6.42 Å². The Hall–Kier alpha value is -4.53. The third-order valence-corrected chi connectivity index (χ3v) is 11.6. The number of anilines is 1. The standard InChI is InChI=1S/C39H40F2N6O3/c1-5-25-29(40)9-6-21-12-24(48)13-26(31(21)25)34-33(41)35-32(37(43-34)49-4)36(47-14-22-7-8-23(15-47)42-22)45-38(44-35)50-19-39(10-11-39)18-46-16-27-28(17-46)30(27)20(2)3/h1,6,9,12-13,22-23,27-28,42,48H,7-8,10-11,14-19H2,2-4H3. The Morgan fingerprint density at radius 3 is 2.44 bits per heavy atom. The van der Waals surface area contributed by atoms with Gasteiger partial charge < -0.3 is 29.7 Å². The van der Waals surface area contributed by atoms with E-state index >= 15 is 4.39 Å². The molecule has 0 amide bonds. The maximum Gasteiger partial charge on any atom is 0.319 e. The van der Waals surface area contributed by atoms with Crippen LogP contribution >= 0.6 is 0 Å². The van der Waals surface area contributed by atoms with E-state index in [0.717, 1.165) is 45.3 Å². The summed E-state index contributed by atoms with van der Waals surface area (Å²) in [7, 11) is 1.46. The van der Waals surface area contributed by atoms with Crippen molar-refractivity contribution in [2.24, 2.45) is 17.3 Å². The maximum atomic E-state index is 17.1. The Balaban J connectivity index is 1.13. The SMILES string of the molecule is C#Cc1c(F)ccc2cc(O)cc(-c3nc(OC)c4c(N5CC6CCC(C5)N6)nc(OCC5(CN6CC7C(=C(C)C)C7C6)CC5)nc4c3F)c12. The minimum absolute atomic E-state index is 0.0182. The Morgan fingerprint density at radius 2 is 1.78 bits per heavy atom. The molecule has 4 aromatic rings. The van der Waals surface area contributed by atoms with Gasteiger partial charge in [-0.25, -0.2) is 13.8 Å². The molecule has 5 aliphatic rings. The van der Waals surface area contributed by atoms with Crippen LogP contribution in [0.4, 0.5) is 14.6 Å². The van der Waals surface area contributed by atoms with Crippen molar-refractivity contribution in [1.82, 2.24) is 25.2 Å². The van der Waals surface area contributed by atoms with Gasteiger partial charge in [0.05, 0.1) is 19.3 Å². The van der Waals surface area contributed by atoms with Gasteiger partial charge >= 0.3 is 6.01 Å². The van der Waals surface area contributed by atoms with Crippen LogP contribution in [0.3, 0.4) is 0 Å². The Labute approximate surface area is 289 Å². The largest absolute Gasteiger partial charge is 0.508 e. The van der Waals surface area contributed by atoms with Crippen molar-refractivity contribution in [1.29, 1.82) is 0 Å². The molecule has 258 valence electrons. The van der Waals surface area contributed by atoms with Crippen LogP contribution in [0.1, 0.15) is 45.1 Å². The second kappa shape index (κ2) is 11.5. The Morgan fingerprint density at radius 1 is 1.04 bits per heavy atom. The number of methoxy groups -OCH3 is 1. The highest BCUT2D eigenvalue weighted by molar-refractivity contribution is 6.04. The van der Waals surface area contributed by atoms with E-state index in [4.69, 9.17) is 20.9 Å². The van der Waals surface area contributed by atoms with Gasteiger partial charge in [0.1, 0.15) is 34.0 Å². The van der Waals surface area contributed by atoms with E-state index in [2.05, 4.69) is 44.9 Å². The number of phenolic OH excluding ortho intramolecular Hbond substituents is 1. The number of nitrogens with zero attached hydrogens (tertiary/aromatic N) is 5. The minimum atomic E-state index is -0.765. The molecule has 9 nitrogen and oxygen atoms in total. The maximum absolute atomic E-state index is 17.1. The Kier molecular flexibility index (Phi) is 7.24. The fourth-order valence-corrected chi connectivity index (χ4v) is 8.99. The van der Waals surface area contributed by atoms with Crippen molar-refractivity contribution < 1.29 is 23.4 Å². The number of benzene rings is 2. The zero-order valence-electron chi connectivity index (χ0n) is 28.5. The van der Waals surface area contributed by atoms with Gasteiger partial charge in [0, 0.05) is 73.0 Å². The number of aromatic hydroxyl groups is 1. The molecule has 0 spiro atoms. The number of allylic oxidation sites excluding steroid dienone is 1. The van der Waals surface area contributed by atoms with E-state index in [0.29, 0.717) is 48.1 Å². The lowest BCUT2D eigenvalue weighted by Crippen LogP contribution is -2.51. The zero-order valence-corrected chi connectivity index (χ0v) is 28.5. The second-order valence-electron chi connectivity index (χ2n) is 15.2. The third kappa shape index (κ3) is 5.14. The number of pyridine rings is 1. The van der Waals surface area contributed by atoms with Crippen LogP contribution in [0.5, 0.6) is 17.6 Å². The quantitative estimate of drug-likeness (QED) is 0.177. The van der Waals surface area contributed by atoms with E-state index in [1.165, 1.54) is 36.9 Å².